The summed E-state index contributed by atoms with van der Waals surface area (Å²) in [5.74, 6) is -0.0356. The minimum Gasteiger partial charge on any atom is -0.325 e. The minimum atomic E-state index is -0.0356. The lowest BCUT2D eigenvalue weighted by molar-refractivity contribution is -0.116. The van der Waals surface area contributed by atoms with Crippen molar-refractivity contribution in [2.24, 2.45) is 14.1 Å². The van der Waals surface area contributed by atoms with E-state index in [9.17, 15) is 4.79 Å². The van der Waals surface area contributed by atoms with Crippen molar-refractivity contribution in [2.75, 3.05) is 5.32 Å². The molecule has 7 heteroatoms. The smallest absolute Gasteiger partial charge is 0.224 e. The lowest BCUT2D eigenvalue weighted by Gasteiger charge is -2.04. The van der Waals surface area contributed by atoms with Gasteiger partial charge in [-0.1, -0.05) is 0 Å². The van der Waals surface area contributed by atoms with Gasteiger partial charge >= 0.3 is 0 Å². The van der Waals surface area contributed by atoms with Crippen LogP contribution in [0.5, 0.6) is 0 Å². The van der Waals surface area contributed by atoms with Gasteiger partial charge in [0.2, 0.25) is 5.91 Å². The number of nitrogens with zero attached hydrogens (tertiary/aromatic N) is 5. The van der Waals surface area contributed by atoms with E-state index in [1.54, 1.807) is 21.8 Å². The summed E-state index contributed by atoms with van der Waals surface area (Å²) in [5.41, 5.74) is 3.46. The van der Waals surface area contributed by atoms with E-state index >= 15 is 0 Å². The Labute approximate surface area is 128 Å². The maximum atomic E-state index is 12.0. The van der Waals surface area contributed by atoms with E-state index in [1.165, 1.54) is 0 Å². The highest BCUT2D eigenvalue weighted by Gasteiger charge is 2.09. The van der Waals surface area contributed by atoms with Crippen molar-refractivity contribution in [3.8, 4) is 0 Å². The van der Waals surface area contributed by atoms with Crippen LogP contribution in [-0.4, -0.2) is 30.5 Å². The van der Waals surface area contributed by atoms with Gasteiger partial charge in [0.15, 0.2) is 5.65 Å². The molecular weight excluding hydrogens is 280 g/mol. The first-order valence-corrected chi connectivity index (χ1v) is 7.09. The molecule has 3 rings (SSSR count). The molecule has 0 radical (unpaired) electrons. The van der Waals surface area contributed by atoms with E-state index in [1.807, 2.05) is 33.3 Å². The quantitative estimate of drug-likeness (QED) is 0.793. The fourth-order valence-electron chi connectivity index (χ4n) is 2.46. The predicted octanol–water partition coefficient (Wildman–Crippen LogP) is 1.58. The molecule has 3 heterocycles. The number of aromatic nitrogens is 5. The van der Waals surface area contributed by atoms with Crippen LogP contribution in [0.2, 0.25) is 0 Å². The maximum Gasteiger partial charge on any atom is 0.224 e. The van der Waals surface area contributed by atoms with Gasteiger partial charge in [-0.05, 0) is 25.0 Å². The highest BCUT2D eigenvalue weighted by Crippen LogP contribution is 2.19. The molecule has 114 valence electrons. The van der Waals surface area contributed by atoms with E-state index in [2.05, 4.69) is 20.5 Å². The van der Waals surface area contributed by atoms with Gasteiger partial charge in [-0.15, -0.1) is 0 Å². The van der Waals surface area contributed by atoms with Crippen LogP contribution in [0.25, 0.3) is 11.0 Å². The van der Waals surface area contributed by atoms with Gasteiger partial charge in [0, 0.05) is 32.1 Å². The average molecular weight is 298 g/mol. The SMILES string of the molecule is Cc1nn(C)c2ncc(NC(=O)CCc3cnn(C)c3)cc12. The van der Waals surface area contributed by atoms with Crippen molar-refractivity contribution in [1.82, 2.24) is 24.5 Å². The number of pyridine rings is 1. The topological polar surface area (TPSA) is 77.6 Å². The highest BCUT2D eigenvalue weighted by molar-refractivity contribution is 5.93. The third-order valence-electron chi connectivity index (χ3n) is 3.55. The Kier molecular flexibility index (Phi) is 3.62. The van der Waals surface area contributed by atoms with Gasteiger partial charge in [0.25, 0.3) is 0 Å². The van der Waals surface area contributed by atoms with Gasteiger partial charge in [-0.2, -0.15) is 10.2 Å². The summed E-state index contributed by atoms with van der Waals surface area (Å²) in [4.78, 5) is 16.4. The van der Waals surface area contributed by atoms with Gasteiger partial charge < -0.3 is 5.32 Å². The number of fused-ring (bicyclic) bond motifs is 1. The minimum absolute atomic E-state index is 0.0356. The van der Waals surface area contributed by atoms with E-state index in [-0.39, 0.29) is 5.91 Å². The van der Waals surface area contributed by atoms with Gasteiger partial charge in [0.1, 0.15) is 0 Å². The maximum absolute atomic E-state index is 12.0. The Morgan fingerprint density at radius 2 is 2.14 bits per heavy atom. The van der Waals surface area contributed by atoms with Crippen LogP contribution in [0, 0.1) is 6.92 Å². The third-order valence-corrected chi connectivity index (χ3v) is 3.55. The lowest BCUT2D eigenvalue weighted by Crippen LogP contribution is -2.12. The molecule has 0 spiro atoms. The Morgan fingerprint density at radius 1 is 1.32 bits per heavy atom. The van der Waals surface area contributed by atoms with E-state index in [0.717, 1.165) is 22.3 Å². The standard InChI is InChI=1S/C15H18N6O/c1-10-13-6-12(8-16-15(13)21(3)19-10)18-14(22)5-4-11-7-17-20(2)9-11/h6-9H,4-5H2,1-3H3,(H,18,22). The number of carbonyl (C=O) groups is 1. The fraction of sp³-hybridized carbons (Fsp3) is 0.333. The van der Waals surface area contributed by atoms with Crippen LogP contribution < -0.4 is 5.32 Å². The van der Waals surface area contributed by atoms with Crippen LogP contribution in [0.15, 0.2) is 24.7 Å². The summed E-state index contributed by atoms with van der Waals surface area (Å²) in [6.07, 6.45) is 6.43. The summed E-state index contributed by atoms with van der Waals surface area (Å²) in [5, 5.41) is 12.2. The third kappa shape index (κ3) is 2.83. The second kappa shape index (κ2) is 5.59. The van der Waals surface area contributed by atoms with E-state index in [4.69, 9.17) is 0 Å². The monoisotopic (exact) mass is 298 g/mol. The molecule has 0 aliphatic heterocycles. The average Bonchev–Trinajstić information content (AvgIpc) is 3.01. The molecule has 0 atom stereocenters. The molecule has 3 aromatic heterocycles. The van der Waals surface area contributed by atoms with Crippen molar-refractivity contribution in [3.63, 3.8) is 0 Å². The van der Waals surface area contributed by atoms with Crippen molar-refractivity contribution >= 4 is 22.6 Å². The summed E-state index contributed by atoms with van der Waals surface area (Å²) < 4.78 is 3.47. The molecule has 0 fully saturated rings. The Balaban J connectivity index is 1.67. The zero-order chi connectivity index (χ0) is 15.7. The molecule has 0 unspecified atom stereocenters. The Morgan fingerprint density at radius 3 is 2.86 bits per heavy atom. The summed E-state index contributed by atoms with van der Waals surface area (Å²) >= 11 is 0. The van der Waals surface area contributed by atoms with Gasteiger partial charge in [0.05, 0.1) is 23.8 Å². The Hall–Kier alpha value is -2.70. The fourth-order valence-corrected chi connectivity index (χ4v) is 2.46. The number of hydrogen-bond acceptors (Lipinski definition) is 4. The molecule has 7 nitrogen and oxygen atoms in total. The van der Waals surface area contributed by atoms with Crippen molar-refractivity contribution in [1.29, 1.82) is 0 Å². The number of rotatable bonds is 4. The zero-order valence-corrected chi connectivity index (χ0v) is 12.9. The summed E-state index contributed by atoms with van der Waals surface area (Å²) in [6.45, 7) is 1.93. The van der Waals surface area contributed by atoms with Crippen LogP contribution in [0.4, 0.5) is 5.69 Å². The van der Waals surface area contributed by atoms with Gasteiger partial charge in [-0.25, -0.2) is 4.98 Å². The molecule has 0 saturated heterocycles. The second-order valence-electron chi connectivity index (χ2n) is 5.37. The molecule has 0 aliphatic carbocycles. The largest absolute Gasteiger partial charge is 0.325 e. The summed E-state index contributed by atoms with van der Waals surface area (Å²) in [6, 6.07) is 1.91. The normalized spacial score (nSPS) is 11.0. The number of amides is 1. The van der Waals surface area contributed by atoms with Crippen LogP contribution in [0.1, 0.15) is 17.7 Å². The molecule has 1 N–H and O–H groups in total. The van der Waals surface area contributed by atoms with Crippen molar-refractivity contribution < 1.29 is 4.79 Å². The molecule has 0 saturated carbocycles. The number of aryl methyl sites for hydroxylation is 4. The van der Waals surface area contributed by atoms with Crippen LogP contribution >= 0.6 is 0 Å². The van der Waals surface area contributed by atoms with E-state index in [0.29, 0.717) is 18.5 Å². The molecule has 0 aliphatic rings. The molecule has 0 bridgehead atoms. The number of carbonyl (C=O) groups excluding carboxylic acids is 1. The Bertz CT molecular complexity index is 832. The first kappa shape index (κ1) is 14.2. The molecule has 1 amide bonds. The summed E-state index contributed by atoms with van der Waals surface area (Å²) in [7, 11) is 3.72. The first-order valence-electron chi connectivity index (χ1n) is 7.09. The molecule has 3 aromatic rings. The van der Waals surface area contributed by atoms with Crippen LogP contribution in [0.3, 0.4) is 0 Å². The number of hydrogen-bond donors (Lipinski definition) is 1. The first-order chi connectivity index (χ1) is 10.5. The van der Waals surface area contributed by atoms with Crippen LogP contribution in [-0.2, 0) is 25.3 Å². The molecule has 0 aromatic carbocycles. The molecular formula is C15H18N6O. The van der Waals surface area contributed by atoms with Gasteiger partial charge in [-0.3, -0.25) is 14.2 Å². The molecule has 22 heavy (non-hydrogen) atoms. The predicted molar refractivity (Wildman–Crippen MR) is 83.4 cm³/mol. The van der Waals surface area contributed by atoms with Crippen molar-refractivity contribution in [3.05, 3.63) is 35.9 Å². The zero-order valence-electron chi connectivity index (χ0n) is 12.9. The highest BCUT2D eigenvalue weighted by atomic mass is 16.1. The number of anilines is 1. The lowest BCUT2D eigenvalue weighted by atomic mass is 10.2. The second-order valence-corrected chi connectivity index (χ2v) is 5.37. The number of nitrogens with one attached hydrogen (secondary N) is 1. The van der Waals surface area contributed by atoms with E-state index < -0.39 is 0 Å². The van der Waals surface area contributed by atoms with Crippen molar-refractivity contribution in [2.45, 2.75) is 19.8 Å².